The summed E-state index contributed by atoms with van der Waals surface area (Å²) in [7, 11) is 1.55. The number of nitro benzene ring substituents is 1. The molecule has 0 saturated heterocycles. The van der Waals surface area contributed by atoms with Crippen LogP contribution in [0.1, 0.15) is 39.7 Å². The number of nitro groups is 1. The Morgan fingerprint density at radius 3 is 2.75 bits per heavy atom. The van der Waals surface area contributed by atoms with Crippen LogP contribution in [0.25, 0.3) is 10.2 Å². The van der Waals surface area contributed by atoms with E-state index in [9.17, 15) is 19.7 Å². The fourth-order valence-corrected chi connectivity index (χ4v) is 3.81. The van der Waals surface area contributed by atoms with E-state index in [4.69, 9.17) is 4.74 Å². The van der Waals surface area contributed by atoms with Crippen molar-refractivity contribution >= 4 is 38.9 Å². The van der Waals surface area contributed by atoms with E-state index in [0.29, 0.717) is 10.2 Å². The smallest absolute Gasteiger partial charge is 0.339 e. The van der Waals surface area contributed by atoms with Gasteiger partial charge in [-0.15, -0.1) is 11.3 Å². The van der Waals surface area contributed by atoms with E-state index >= 15 is 0 Å². The van der Waals surface area contributed by atoms with Gasteiger partial charge in [0.2, 0.25) is 0 Å². The molecule has 0 aliphatic heterocycles. The summed E-state index contributed by atoms with van der Waals surface area (Å²) in [5, 5.41) is 14.4. The maximum absolute atomic E-state index is 12.4. The van der Waals surface area contributed by atoms with Crippen LogP contribution in [0.5, 0.6) is 0 Å². The number of hydrogen-bond donors (Lipinski definition) is 2. The van der Waals surface area contributed by atoms with Gasteiger partial charge in [0, 0.05) is 18.0 Å². The van der Waals surface area contributed by atoms with Crippen molar-refractivity contribution in [3.8, 4) is 0 Å². The summed E-state index contributed by atoms with van der Waals surface area (Å²) in [6, 6.07) is 4.01. The summed E-state index contributed by atoms with van der Waals surface area (Å²) in [6.07, 6.45) is -0.838. The van der Waals surface area contributed by atoms with Crippen molar-refractivity contribution in [2.24, 2.45) is 0 Å². The fourth-order valence-electron chi connectivity index (χ4n) is 2.77. The number of carbonyl (C=O) groups is 1. The molecule has 9 nitrogen and oxygen atoms in total. The van der Waals surface area contributed by atoms with Crippen molar-refractivity contribution in [2.45, 2.75) is 26.9 Å². The van der Waals surface area contributed by atoms with Gasteiger partial charge in [0.1, 0.15) is 10.5 Å². The summed E-state index contributed by atoms with van der Waals surface area (Å²) in [4.78, 5) is 44.0. The SMILES string of the molecule is CNc1ccc(C(=O)O[C@@H](C)c2nc3sc(C)c(C)c3c(=O)[nH]2)cc1[N+](=O)[O-]. The molecule has 1 aromatic carbocycles. The van der Waals surface area contributed by atoms with E-state index in [1.54, 1.807) is 14.0 Å². The molecule has 0 fully saturated rings. The van der Waals surface area contributed by atoms with E-state index in [1.165, 1.54) is 23.5 Å². The second kappa shape index (κ2) is 7.39. The highest BCUT2D eigenvalue weighted by molar-refractivity contribution is 7.18. The second-order valence-electron chi connectivity index (χ2n) is 6.20. The van der Waals surface area contributed by atoms with Crippen LogP contribution in [0.15, 0.2) is 23.0 Å². The lowest BCUT2D eigenvalue weighted by Crippen LogP contribution is -2.17. The lowest BCUT2D eigenvalue weighted by Gasteiger charge is -2.13. The van der Waals surface area contributed by atoms with Crippen molar-refractivity contribution in [3.05, 3.63) is 60.5 Å². The first kappa shape index (κ1) is 19.5. The minimum atomic E-state index is -0.838. The third kappa shape index (κ3) is 3.46. The van der Waals surface area contributed by atoms with E-state index < -0.39 is 17.0 Å². The first-order valence-corrected chi connectivity index (χ1v) is 9.21. The van der Waals surface area contributed by atoms with Gasteiger partial charge in [0.25, 0.3) is 11.2 Å². The Hall–Kier alpha value is -3.27. The number of ether oxygens (including phenoxy) is 1. The number of rotatable bonds is 5. The highest BCUT2D eigenvalue weighted by atomic mass is 32.1. The number of aromatic amines is 1. The molecule has 0 radical (unpaired) electrons. The Labute approximate surface area is 163 Å². The van der Waals surface area contributed by atoms with Crippen LogP contribution in [-0.2, 0) is 4.74 Å². The molecule has 146 valence electrons. The standard InChI is InChI=1S/C18H18N4O5S/c1-8-10(3)28-17-14(8)16(23)20-15(21-17)9(2)27-18(24)11-5-6-12(19-4)13(7-11)22(25)26/h5-7,9,19H,1-4H3,(H,20,21,23)/t9-/m0/s1. The number of thiophene rings is 1. The molecule has 10 heteroatoms. The molecule has 3 aromatic rings. The molecular formula is C18H18N4O5S. The number of nitrogens with one attached hydrogen (secondary N) is 2. The second-order valence-corrected chi connectivity index (χ2v) is 7.40. The molecule has 0 aliphatic carbocycles. The number of esters is 1. The minimum absolute atomic E-state index is 0.0313. The number of hydrogen-bond acceptors (Lipinski definition) is 8. The average molecular weight is 402 g/mol. The summed E-state index contributed by atoms with van der Waals surface area (Å²) in [5.74, 6) is -0.534. The van der Waals surface area contributed by atoms with Gasteiger partial charge in [-0.3, -0.25) is 14.9 Å². The van der Waals surface area contributed by atoms with Crippen LogP contribution in [-0.4, -0.2) is 27.9 Å². The normalized spacial score (nSPS) is 12.0. The quantitative estimate of drug-likeness (QED) is 0.380. The summed E-state index contributed by atoms with van der Waals surface area (Å²) in [6.45, 7) is 5.34. The third-order valence-corrected chi connectivity index (χ3v) is 5.53. The topological polar surface area (TPSA) is 127 Å². The number of aryl methyl sites for hydroxylation is 2. The number of benzene rings is 1. The number of H-pyrrole nitrogens is 1. The van der Waals surface area contributed by atoms with Gasteiger partial charge < -0.3 is 15.0 Å². The van der Waals surface area contributed by atoms with Crippen molar-refractivity contribution < 1.29 is 14.5 Å². The first-order valence-electron chi connectivity index (χ1n) is 8.40. The van der Waals surface area contributed by atoms with E-state index in [0.717, 1.165) is 16.5 Å². The number of nitrogens with zero attached hydrogens (tertiary/aromatic N) is 2. The molecule has 28 heavy (non-hydrogen) atoms. The summed E-state index contributed by atoms with van der Waals surface area (Å²) in [5.41, 5.74) is 0.668. The van der Waals surface area contributed by atoms with Crippen molar-refractivity contribution in [1.29, 1.82) is 0 Å². The molecule has 0 aliphatic rings. The van der Waals surface area contributed by atoms with Gasteiger partial charge in [-0.05, 0) is 38.5 Å². The Balaban J connectivity index is 1.89. The van der Waals surface area contributed by atoms with Gasteiger partial charge in [0.15, 0.2) is 11.9 Å². The molecule has 0 spiro atoms. The molecule has 1 atom stereocenters. The molecule has 0 bridgehead atoms. The van der Waals surface area contributed by atoms with Crippen LogP contribution >= 0.6 is 11.3 Å². The van der Waals surface area contributed by atoms with Gasteiger partial charge in [-0.2, -0.15) is 0 Å². The third-order valence-electron chi connectivity index (χ3n) is 4.43. The van der Waals surface area contributed by atoms with Crippen molar-refractivity contribution in [1.82, 2.24) is 9.97 Å². The monoisotopic (exact) mass is 402 g/mol. The van der Waals surface area contributed by atoms with E-state index in [2.05, 4.69) is 15.3 Å². The van der Waals surface area contributed by atoms with Gasteiger partial charge in [-0.1, -0.05) is 0 Å². The Morgan fingerprint density at radius 1 is 1.39 bits per heavy atom. The number of anilines is 1. The lowest BCUT2D eigenvalue weighted by atomic mass is 10.1. The zero-order valence-electron chi connectivity index (χ0n) is 15.7. The molecule has 3 rings (SSSR count). The molecule has 2 N–H and O–H groups in total. The minimum Gasteiger partial charge on any atom is -0.451 e. The summed E-state index contributed by atoms with van der Waals surface area (Å²) < 4.78 is 5.36. The highest BCUT2D eigenvalue weighted by Gasteiger charge is 2.22. The zero-order chi connectivity index (χ0) is 20.6. The number of aromatic nitrogens is 2. The first-order chi connectivity index (χ1) is 13.2. The van der Waals surface area contributed by atoms with E-state index in [-0.39, 0.29) is 28.3 Å². The molecule has 0 unspecified atom stereocenters. The highest BCUT2D eigenvalue weighted by Crippen LogP contribution is 2.28. The molecular weight excluding hydrogens is 384 g/mol. The Bertz CT molecular complexity index is 1150. The largest absolute Gasteiger partial charge is 0.451 e. The predicted octanol–water partition coefficient (Wildman–Crippen LogP) is 3.47. The van der Waals surface area contributed by atoms with Crippen LogP contribution in [0.2, 0.25) is 0 Å². The molecule has 0 saturated carbocycles. The fraction of sp³-hybridized carbons (Fsp3) is 0.278. The van der Waals surface area contributed by atoms with Crippen LogP contribution < -0.4 is 10.9 Å². The maximum atomic E-state index is 12.4. The van der Waals surface area contributed by atoms with Crippen LogP contribution in [0.3, 0.4) is 0 Å². The number of carbonyl (C=O) groups excluding carboxylic acids is 1. The Kier molecular flexibility index (Phi) is 5.14. The van der Waals surface area contributed by atoms with E-state index in [1.807, 2.05) is 13.8 Å². The predicted molar refractivity (Wildman–Crippen MR) is 106 cm³/mol. The molecule has 0 amide bonds. The zero-order valence-corrected chi connectivity index (χ0v) is 16.5. The van der Waals surface area contributed by atoms with Gasteiger partial charge >= 0.3 is 5.97 Å². The van der Waals surface area contributed by atoms with Crippen molar-refractivity contribution in [2.75, 3.05) is 12.4 Å². The average Bonchev–Trinajstić information content (AvgIpc) is 2.95. The van der Waals surface area contributed by atoms with Gasteiger partial charge in [-0.25, -0.2) is 9.78 Å². The maximum Gasteiger partial charge on any atom is 0.339 e. The summed E-state index contributed by atoms with van der Waals surface area (Å²) >= 11 is 1.40. The molecule has 2 heterocycles. The number of fused-ring (bicyclic) bond motifs is 1. The Morgan fingerprint density at radius 2 is 2.11 bits per heavy atom. The van der Waals surface area contributed by atoms with Crippen molar-refractivity contribution in [3.63, 3.8) is 0 Å². The van der Waals surface area contributed by atoms with Crippen LogP contribution in [0, 0.1) is 24.0 Å². The molecule has 2 aromatic heterocycles. The van der Waals surface area contributed by atoms with Gasteiger partial charge in [0.05, 0.1) is 15.9 Å². The lowest BCUT2D eigenvalue weighted by molar-refractivity contribution is -0.384. The van der Waals surface area contributed by atoms with Crippen LogP contribution in [0.4, 0.5) is 11.4 Å².